The van der Waals surface area contributed by atoms with Crippen molar-refractivity contribution in [3.05, 3.63) is 229 Å². The molecule has 5 nitrogen and oxygen atoms in total. The molecule has 0 fully saturated rings. The molecule has 0 radical (unpaired) electrons. The van der Waals surface area contributed by atoms with Gasteiger partial charge in [0.05, 0.1) is 22.2 Å². The van der Waals surface area contributed by atoms with Gasteiger partial charge in [0, 0.05) is 38.8 Å². The minimum Gasteiger partial charge on any atom is -0.456 e. The average molecular weight is 767 g/mol. The third-order valence-electron chi connectivity index (χ3n) is 12.0. The molecular weight excluding hydrogens is 733 g/mol. The van der Waals surface area contributed by atoms with Crippen LogP contribution in [0.3, 0.4) is 0 Å². The first-order valence-corrected chi connectivity index (χ1v) is 20.2. The minimum absolute atomic E-state index is 0.536. The summed E-state index contributed by atoms with van der Waals surface area (Å²) in [6, 6.07) is 71.8. The molecule has 1 aliphatic heterocycles. The van der Waals surface area contributed by atoms with Crippen LogP contribution >= 0.6 is 0 Å². The Labute approximate surface area is 347 Å². The van der Waals surface area contributed by atoms with E-state index in [2.05, 4.69) is 170 Å². The number of pyridine rings is 1. The molecule has 0 saturated carbocycles. The Balaban J connectivity index is 1.14. The SMILES string of the molecule is c1ccc(-c2ccc(-c3nc(-c4ccccc4)nc(-c4cccc5c4Oc4ccccc4C54c5ccccc5-c5c(-c6ccccc6)nc6ccccc6c54)n3)cc2)cc1. The van der Waals surface area contributed by atoms with Crippen molar-refractivity contribution in [2.24, 2.45) is 0 Å². The van der Waals surface area contributed by atoms with Crippen molar-refractivity contribution in [2.75, 3.05) is 0 Å². The number of para-hydroxylation sites is 3. The van der Waals surface area contributed by atoms with Crippen LogP contribution in [-0.4, -0.2) is 19.9 Å². The largest absolute Gasteiger partial charge is 0.456 e. The van der Waals surface area contributed by atoms with E-state index in [4.69, 9.17) is 24.7 Å². The number of rotatable bonds is 5. The fraction of sp³-hybridized carbons (Fsp3) is 0.0182. The molecular formula is C55H34N4O. The van der Waals surface area contributed by atoms with E-state index in [1.807, 2.05) is 36.4 Å². The molecule has 1 unspecified atom stereocenters. The second-order valence-electron chi connectivity index (χ2n) is 15.3. The van der Waals surface area contributed by atoms with Crippen molar-refractivity contribution in [1.29, 1.82) is 0 Å². The van der Waals surface area contributed by atoms with Crippen molar-refractivity contribution in [2.45, 2.75) is 5.41 Å². The third kappa shape index (κ3) is 5.12. The van der Waals surface area contributed by atoms with Crippen LogP contribution in [0, 0.1) is 0 Å². The zero-order chi connectivity index (χ0) is 39.6. The highest BCUT2D eigenvalue weighted by atomic mass is 16.5. The van der Waals surface area contributed by atoms with Crippen LogP contribution < -0.4 is 4.74 Å². The zero-order valence-corrected chi connectivity index (χ0v) is 32.3. The van der Waals surface area contributed by atoms with Crippen LogP contribution in [0.25, 0.3) is 78.6 Å². The fourth-order valence-electron chi connectivity index (χ4n) is 9.41. The number of ether oxygens (including phenoxy) is 1. The van der Waals surface area contributed by atoms with Gasteiger partial charge in [0.25, 0.3) is 0 Å². The van der Waals surface area contributed by atoms with Crippen LogP contribution in [0.4, 0.5) is 0 Å². The maximum atomic E-state index is 7.15. The van der Waals surface area contributed by atoms with Gasteiger partial charge < -0.3 is 4.74 Å². The molecule has 12 rings (SSSR count). The molecule has 8 aromatic carbocycles. The van der Waals surface area contributed by atoms with Crippen LogP contribution in [0.2, 0.25) is 0 Å². The predicted octanol–water partition coefficient (Wildman–Crippen LogP) is 13.2. The zero-order valence-electron chi connectivity index (χ0n) is 32.3. The van der Waals surface area contributed by atoms with Gasteiger partial charge in [0.1, 0.15) is 11.5 Å². The Morgan fingerprint density at radius 3 is 1.62 bits per heavy atom. The van der Waals surface area contributed by atoms with Gasteiger partial charge >= 0.3 is 0 Å². The summed E-state index contributed by atoms with van der Waals surface area (Å²) in [6.07, 6.45) is 0. The van der Waals surface area contributed by atoms with Crippen molar-refractivity contribution in [3.63, 3.8) is 0 Å². The van der Waals surface area contributed by atoms with E-state index in [1.165, 1.54) is 11.1 Å². The molecule has 0 amide bonds. The molecule has 0 N–H and O–H groups in total. The third-order valence-corrected chi connectivity index (χ3v) is 12.0. The summed E-state index contributed by atoms with van der Waals surface area (Å²) in [7, 11) is 0. The Bertz CT molecular complexity index is 3280. The molecule has 3 heterocycles. The maximum Gasteiger partial charge on any atom is 0.167 e. The minimum atomic E-state index is -0.760. The number of fused-ring (bicyclic) bond motifs is 11. The molecule has 280 valence electrons. The highest BCUT2D eigenvalue weighted by Crippen LogP contribution is 2.65. The summed E-state index contributed by atoms with van der Waals surface area (Å²) < 4.78 is 7.15. The second kappa shape index (κ2) is 13.5. The standard InChI is InChI=1S/C55H34N4O/c1-4-17-35(18-5-1)36-31-33-39(34-32-36)53-57-52(38-21-8-3-9-22-38)58-54(59-53)42-25-16-28-45-51(42)60-47-30-15-13-27-44(47)55(45)43-26-12-10-23-40(43)48-49(55)41-24-11-14-29-46(41)56-50(48)37-19-6-2-7-20-37/h1-34H. The van der Waals surface area contributed by atoms with Gasteiger partial charge in [-0.3, -0.25) is 0 Å². The van der Waals surface area contributed by atoms with Gasteiger partial charge in [-0.2, -0.15) is 0 Å². The molecule has 10 aromatic rings. The molecule has 5 heteroatoms. The van der Waals surface area contributed by atoms with Crippen LogP contribution in [-0.2, 0) is 5.41 Å². The number of nitrogens with zero attached hydrogens (tertiary/aromatic N) is 4. The average Bonchev–Trinajstić information content (AvgIpc) is 3.63. The smallest absolute Gasteiger partial charge is 0.167 e. The lowest BCUT2D eigenvalue weighted by Crippen LogP contribution is -2.32. The Kier molecular flexibility index (Phi) is 7.69. The lowest BCUT2D eigenvalue weighted by molar-refractivity contribution is 0.438. The Morgan fingerprint density at radius 2 is 0.867 bits per heavy atom. The van der Waals surface area contributed by atoms with E-state index in [-0.39, 0.29) is 0 Å². The van der Waals surface area contributed by atoms with Crippen molar-refractivity contribution >= 4 is 10.9 Å². The maximum absolute atomic E-state index is 7.15. The molecule has 1 atom stereocenters. The van der Waals surface area contributed by atoms with E-state index in [1.54, 1.807) is 0 Å². The molecule has 0 saturated heterocycles. The van der Waals surface area contributed by atoms with Crippen molar-refractivity contribution in [3.8, 4) is 79.2 Å². The number of hydrogen-bond donors (Lipinski definition) is 0. The number of benzene rings is 8. The van der Waals surface area contributed by atoms with Gasteiger partial charge in [-0.15, -0.1) is 0 Å². The summed E-state index contributed by atoms with van der Waals surface area (Å²) >= 11 is 0. The molecule has 2 aliphatic rings. The van der Waals surface area contributed by atoms with E-state index in [0.717, 1.165) is 83.7 Å². The van der Waals surface area contributed by atoms with E-state index >= 15 is 0 Å². The normalized spacial score (nSPS) is 14.5. The summed E-state index contributed by atoms with van der Waals surface area (Å²) in [4.78, 5) is 21.0. The number of hydrogen-bond acceptors (Lipinski definition) is 5. The van der Waals surface area contributed by atoms with Crippen LogP contribution in [0.5, 0.6) is 11.5 Å². The lowest BCUT2D eigenvalue weighted by atomic mass is 9.65. The molecule has 0 bridgehead atoms. The highest BCUT2D eigenvalue weighted by molar-refractivity contribution is 6.04. The van der Waals surface area contributed by atoms with Crippen molar-refractivity contribution < 1.29 is 4.74 Å². The lowest BCUT2D eigenvalue weighted by Gasteiger charge is -2.40. The summed E-state index contributed by atoms with van der Waals surface area (Å²) in [5, 5.41) is 1.10. The molecule has 1 aliphatic carbocycles. The van der Waals surface area contributed by atoms with E-state index in [9.17, 15) is 0 Å². The predicted molar refractivity (Wildman–Crippen MR) is 240 cm³/mol. The van der Waals surface area contributed by atoms with Gasteiger partial charge in [0.15, 0.2) is 17.5 Å². The van der Waals surface area contributed by atoms with Gasteiger partial charge in [0.2, 0.25) is 0 Å². The molecule has 2 aromatic heterocycles. The molecule has 1 spiro atoms. The number of aromatic nitrogens is 4. The summed E-state index contributed by atoms with van der Waals surface area (Å²) in [6.45, 7) is 0. The van der Waals surface area contributed by atoms with Crippen molar-refractivity contribution in [1.82, 2.24) is 19.9 Å². The van der Waals surface area contributed by atoms with Gasteiger partial charge in [-0.1, -0.05) is 188 Å². The summed E-state index contributed by atoms with van der Waals surface area (Å²) in [5.74, 6) is 3.22. The first-order chi connectivity index (χ1) is 29.8. The second-order valence-corrected chi connectivity index (χ2v) is 15.3. The van der Waals surface area contributed by atoms with Gasteiger partial charge in [-0.05, 0) is 46.0 Å². The fourth-order valence-corrected chi connectivity index (χ4v) is 9.41. The first-order valence-electron chi connectivity index (χ1n) is 20.2. The highest BCUT2D eigenvalue weighted by Gasteiger charge is 2.53. The summed E-state index contributed by atoms with van der Waals surface area (Å²) in [5.41, 5.74) is 13.9. The Morgan fingerprint density at radius 1 is 0.350 bits per heavy atom. The monoisotopic (exact) mass is 766 g/mol. The molecule has 60 heavy (non-hydrogen) atoms. The topological polar surface area (TPSA) is 60.8 Å². The van der Waals surface area contributed by atoms with E-state index in [0.29, 0.717) is 17.5 Å². The Hall–Kier alpha value is -8.02. The van der Waals surface area contributed by atoms with Gasteiger partial charge in [-0.25, -0.2) is 19.9 Å². The van der Waals surface area contributed by atoms with Crippen LogP contribution in [0.15, 0.2) is 206 Å². The van der Waals surface area contributed by atoms with E-state index < -0.39 is 5.41 Å². The quantitative estimate of drug-likeness (QED) is 0.175. The van der Waals surface area contributed by atoms with Crippen LogP contribution in [0.1, 0.15) is 22.3 Å². The first kappa shape index (κ1) is 34.1.